The molecule has 0 aliphatic carbocycles. The Morgan fingerprint density at radius 1 is 0.960 bits per heavy atom. The number of methoxy groups -OCH3 is 2. The van der Waals surface area contributed by atoms with E-state index in [4.69, 9.17) is 15.2 Å². The van der Waals surface area contributed by atoms with Crippen LogP contribution in [0.25, 0.3) is 0 Å². The third-order valence-corrected chi connectivity index (χ3v) is 4.74. The number of ether oxygens (including phenoxy) is 2. The molecule has 2 aromatic carbocycles. The summed E-state index contributed by atoms with van der Waals surface area (Å²) in [6.45, 7) is 0. The van der Waals surface area contributed by atoms with Gasteiger partial charge in [-0.05, 0) is 54.6 Å². The van der Waals surface area contributed by atoms with Gasteiger partial charge in [0, 0.05) is 11.3 Å². The number of hydrogen-bond acceptors (Lipinski definition) is 6. The summed E-state index contributed by atoms with van der Waals surface area (Å²) in [7, 11) is 3.21. The second-order valence-electron chi connectivity index (χ2n) is 5.31. The zero-order valence-corrected chi connectivity index (χ0v) is 14.7. The van der Waals surface area contributed by atoms with Crippen LogP contribution in [0.2, 0.25) is 0 Å². The van der Waals surface area contributed by atoms with E-state index in [1.54, 1.807) is 44.6 Å². The van der Waals surface area contributed by atoms with Crippen LogP contribution < -0.4 is 20.5 Å². The molecule has 128 valence electrons. The van der Waals surface area contributed by atoms with Crippen LogP contribution >= 0.6 is 11.3 Å². The number of anilines is 3. The van der Waals surface area contributed by atoms with Gasteiger partial charge in [0.2, 0.25) is 5.78 Å². The molecule has 0 atom stereocenters. The first-order valence-electron chi connectivity index (χ1n) is 7.60. The van der Waals surface area contributed by atoms with E-state index in [0.717, 1.165) is 16.4 Å². The summed E-state index contributed by atoms with van der Waals surface area (Å²) in [4.78, 5) is 13.2. The first kappa shape index (κ1) is 16.9. The zero-order valence-electron chi connectivity index (χ0n) is 13.9. The van der Waals surface area contributed by atoms with Crippen LogP contribution in [0.1, 0.15) is 15.2 Å². The summed E-state index contributed by atoms with van der Waals surface area (Å²) < 4.78 is 10.3. The fraction of sp³-hybridized carbons (Fsp3) is 0.105. The largest absolute Gasteiger partial charge is 0.497 e. The van der Waals surface area contributed by atoms with E-state index in [-0.39, 0.29) is 5.78 Å². The molecule has 3 rings (SSSR count). The highest BCUT2D eigenvalue weighted by molar-refractivity contribution is 7.18. The summed E-state index contributed by atoms with van der Waals surface area (Å²) in [5.41, 5.74) is 7.97. The number of thiophene rings is 1. The summed E-state index contributed by atoms with van der Waals surface area (Å²) in [5, 5.41) is 4.06. The molecule has 0 spiro atoms. The van der Waals surface area contributed by atoms with Crippen LogP contribution in [0.3, 0.4) is 0 Å². The summed E-state index contributed by atoms with van der Waals surface area (Å²) in [6, 6.07) is 16.3. The molecule has 5 nitrogen and oxygen atoms in total. The lowest BCUT2D eigenvalue weighted by Gasteiger charge is -2.04. The molecule has 0 radical (unpaired) electrons. The Bertz CT molecular complexity index is 871. The number of rotatable bonds is 6. The number of benzene rings is 2. The Labute approximate surface area is 150 Å². The minimum Gasteiger partial charge on any atom is -0.497 e. The van der Waals surface area contributed by atoms with Crippen molar-refractivity contribution in [1.29, 1.82) is 0 Å². The number of ketones is 1. The van der Waals surface area contributed by atoms with Crippen molar-refractivity contribution in [2.45, 2.75) is 0 Å². The van der Waals surface area contributed by atoms with Crippen molar-refractivity contribution in [2.24, 2.45) is 0 Å². The van der Waals surface area contributed by atoms with Crippen molar-refractivity contribution in [3.05, 3.63) is 65.0 Å². The van der Waals surface area contributed by atoms with Crippen LogP contribution in [0.15, 0.2) is 54.6 Å². The average Bonchev–Trinajstić information content (AvgIpc) is 3.02. The van der Waals surface area contributed by atoms with Crippen molar-refractivity contribution in [1.82, 2.24) is 0 Å². The van der Waals surface area contributed by atoms with E-state index in [1.807, 2.05) is 24.3 Å². The standard InChI is InChI=1S/C19H18N2O3S/c1-23-14-7-3-12(4-8-14)18(22)19-16(20)11-17(25-19)21-13-5-9-15(24-2)10-6-13/h3-11,21H,20H2,1-2H3. The second kappa shape index (κ2) is 7.27. The fourth-order valence-corrected chi connectivity index (χ4v) is 3.30. The molecule has 0 aliphatic heterocycles. The van der Waals surface area contributed by atoms with Gasteiger partial charge < -0.3 is 20.5 Å². The van der Waals surface area contributed by atoms with Gasteiger partial charge >= 0.3 is 0 Å². The molecule has 0 saturated carbocycles. The first-order valence-corrected chi connectivity index (χ1v) is 8.41. The van der Waals surface area contributed by atoms with Crippen molar-refractivity contribution in [3.63, 3.8) is 0 Å². The molecule has 0 bridgehead atoms. The van der Waals surface area contributed by atoms with Gasteiger partial charge in [-0.1, -0.05) is 0 Å². The normalized spacial score (nSPS) is 10.3. The van der Waals surface area contributed by atoms with Gasteiger partial charge in [-0.3, -0.25) is 4.79 Å². The van der Waals surface area contributed by atoms with Gasteiger partial charge in [0.25, 0.3) is 0 Å². The maximum Gasteiger partial charge on any atom is 0.205 e. The van der Waals surface area contributed by atoms with Gasteiger partial charge in [0.15, 0.2) is 0 Å². The number of nitrogens with one attached hydrogen (secondary N) is 1. The van der Waals surface area contributed by atoms with E-state index in [2.05, 4.69) is 5.32 Å². The molecule has 1 heterocycles. The number of nitrogens with two attached hydrogens (primary N) is 1. The smallest absolute Gasteiger partial charge is 0.205 e. The van der Waals surface area contributed by atoms with E-state index in [1.165, 1.54) is 11.3 Å². The van der Waals surface area contributed by atoms with E-state index in [9.17, 15) is 4.79 Å². The minimum atomic E-state index is -0.104. The molecule has 0 amide bonds. The fourth-order valence-electron chi connectivity index (χ4n) is 2.33. The summed E-state index contributed by atoms with van der Waals surface area (Å²) >= 11 is 1.33. The molecule has 25 heavy (non-hydrogen) atoms. The Morgan fingerprint density at radius 3 is 2.08 bits per heavy atom. The third-order valence-electron chi connectivity index (χ3n) is 3.68. The lowest BCUT2D eigenvalue weighted by molar-refractivity contribution is 0.104. The average molecular weight is 354 g/mol. The maximum atomic E-state index is 12.7. The molecule has 3 N–H and O–H groups in total. The van der Waals surface area contributed by atoms with Crippen LogP contribution in [-0.4, -0.2) is 20.0 Å². The Hall–Kier alpha value is -2.99. The van der Waals surface area contributed by atoms with Crippen LogP contribution in [0.5, 0.6) is 11.5 Å². The molecular formula is C19H18N2O3S. The van der Waals surface area contributed by atoms with Crippen molar-refractivity contribution in [2.75, 3.05) is 25.3 Å². The highest BCUT2D eigenvalue weighted by Crippen LogP contribution is 2.33. The molecule has 3 aromatic rings. The van der Waals surface area contributed by atoms with Crippen molar-refractivity contribution < 1.29 is 14.3 Å². The van der Waals surface area contributed by atoms with Crippen LogP contribution in [-0.2, 0) is 0 Å². The van der Waals surface area contributed by atoms with Gasteiger partial charge in [0.05, 0.1) is 24.9 Å². The quantitative estimate of drug-likeness (QED) is 0.645. The van der Waals surface area contributed by atoms with E-state index in [0.29, 0.717) is 21.9 Å². The predicted molar refractivity (Wildman–Crippen MR) is 101 cm³/mol. The number of carbonyl (C=O) groups excluding carboxylic acids is 1. The van der Waals surface area contributed by atoms with Crippen LogP contribution in [0, 0.1) is 0 Å². The van der Waals surface area contributed by atoms with Crippen molar-refractivity contribution in [3.8, 4) is 11.5 Å². The van der Waals surface area contributed by atoms with E-state index < -0.39 is 0 Å². The molecule has 1 aromatic heterocycles. The summed E-state index contributed by atoms with van der Waals surface area (Å²) in [5.74, 6) is 1.39. The van der Waals surface area contributed by atoms with Gasteiger partial charge in [-0.25, -0.2) is 0 Å². The Kier molecular flexibility index (Phi) is 4.90. The minimum absolute atomic E-state index is 0.104. The monoisotopic (exact) mass is 354 g/mol. The molecule has 0 aliphatic rings. The lowest BCUT2D eigenvalue weighted by Crippen LogP contribution is -2.01. The highest BCUT2D eigenvalue weighted by Gasteiger charge is 2.16. The third kappa shape index (κ3) is 3.75. The Balaban J connectivity index is 1.79. The number of nitrogen functional groups attached to an aromatic ring is 1. The molecule has 0 fully saturated rings. The molecular weight excluding hydrogens is 336 g/mol. The summed E-state index contributed by atoms with van der Waals surface area (Å²) in [6.07, 6.45) is 0. The SMILES string of the molecule is COc1ccc(Nc2cc(N)c(C(=O)c3ccc(OC)cc3)s2)cc1. The highest BCUT2D eigenvalue weighted by atomic mass is 32.1. The molecule has 0 unspecified atom stereocenters. The van der Waals surface area contributed by atoms with Gasteiger partial charge in [0.1, 0.15) is 16.4 Å². The van der Waals surface area contributed by atoms with Gasteiger partial charge in [-0.2, -0.15) is 0 Å². The lowest BCUT2D eigenvalue weighted by atomic mass is 10.1. The van der Waals surface area contributed by atoms with Gasteiger partial charge in [-0.15, -0.1) is 11.3 Å². The van der Waals surface area contributed by atoms with Crippen molar-refractivity contribution >= 4 is 33.5 Å². The second-order valence-corrected chi connectivity index (χ2v) is 6.36. The topological polar surface area (TPSA) is 73.6 Å². The van der Waals surface area contributed by atoms with Crippen LogP contribution in [0.4, 0.5) is 16.4 Å². The molecule has 6 heteroatoms. The first-order chi connectivity index (χ1) is 12.1. The number of hydrogen-bond donors (Lipinski definition) is 2. The zero-order chi connectivity index (χ0) is 17.8. The number of carbonyl (C=O) groups is 1. The predicted octanol–water partition coefficient (Wildman–Crippen LogP) is 4.32. The molecule has 0 saturated heterocycles. The Morgan fingerprint density at radius 2 is 1.52 bits per heavy atom. The maximum absolute atomic E-state index is 12.7. The van der Waals surface area contributed by atoms with E-state index >= 15 is 0 Å².